The van der Waals surface area contributed by atoms with Crippen molar-refractivity contribution in [2.75, 3.05) is 0 Å². The lowest BCUT2D eigenvalue weighted by Gasteiger charge is -1.90. The molecule has 2 aromatic heterocycles. The second kappa shape index (κ2) is 2.53. The molecule has 2 heterocycles. The van der Waals surface area contributed by atoms with E-state index in [0.29, 0.717) is 10.3 Å². The lowest BCUT2D eigenvalue weighted by molar-refractivity contribution is 0.944. The van der Waals surface area contributed by atoms with E-state index in [1.54, 1.807) is 17.9 Å². The second-order valence-electron chi connectivity index (χ2n) is 2.31. The van der Waals surface area contributed by atoms with E-state index in [1.165, 1.54) is 0 Å². The van der Waals surface area contributed by atoms with Gasteiger partial charge in [0.2, 0.25) is 5.43 Å². The number of hydrogen-bond donors (Lipinski definition) is 0. The number of hydrogen-bond acceptors (Lipinski definition) is 4. The highest BCUT2D eigenvalue weighted by molar-refractivity contribution is 7.12. The normalized spacial score (nSPS) is 10.8. The van der Waals surface area contributed by atoms with Gasteiger partial charge in [-0.05, 0) is 11.5 Å². The summed E-state index contributed by atoms with van der Waals surface area (Å²) in [5.41, 5.74) is 0.255. The van der Waals surface area contributed by atoms with Crippen molar-refractivity contribution in [3.8, 4) is 0 Å². The molecular weight excluding hydrogens is 198 g/mol. The van der Waals surface area contributed by atoms with Crippen molar-refractivity contribution in [1.82, 2.24) is 13.9 Å². The van der Waals surface area contributed by atoms with Crippen molar-refractivity contribution < 1.29 is 0 Å². The highest BCUT2D eigenvalue weighted by atomic mass is 35.5. The Morgan fingerprint density at radius 3 is 3.17 bits per heavy atom. The first-order valence-electron chi connectivity index (χ1n) is 3.16. The summed E-state index contributed by atoms with van der Waals surface area (Å²) in [5.74, 6) is 0. The Hall–Kier alpha value is -0.940. The van der Waals surface area contributed by atoms with Crippen molar-refractivity contribution >= 4 is 33.5 Å². The summed E-state index contributed by atoms with van der Waals surface area (Å²) in [6.07, 6.45) is 1.57. The van der Waals surface area contributed by atoms with E-state index in [9.17, 15) is 4.79 Å². The highest BCUT2D eigenvalue weighted by Gasteiger charge is 2.08. The van der Waals surface area contributed by atoms with Gasteiger partial charge < -0.3 is 4.57 Å². The molecular formula is C6H4ClN3OS. The molecule has 0 fully saturated rings. The van der Waals surface area contributed by atoms with Crippen LogP contribution in [-0.4, -0.2) is 13.9 Å². The van der Waals surface area contributed by atoms with Gasteiger partial charge in [-0.3, -0.25) is 4.79 Å². The molecule has 2 aromatic rings. The van der Waals surface area contributed by atoms with E-state index >= 15 is 0 Å². The third kappa shape index (κ3) is 0.937. The fourth-order valence-corrected chi connectivity index (χ4v) is 1.82. The van der Waals surface area contributed by atoms with Gasteiger partial charge in [0.25, 0.3) is 0 Å². The van der Waals surface area contributed by atoms with Gasteiger partial charge in [-0.15, -0.1) is 0 Å². The maximum absolute atomic E-state index is 11.4. The van der Waals surface area contributed by atoms with Crippen LogP contribution in [0.1, 0.15) is 0 Å². The SMILES string of the molecule is Cn1cnc2snc(Cl)c(=O)c21. The smallest absolute Gasteiger partial charge is 0.243 e. The van der Waals surface area contributed by atoms with Gasteiger partial charge in [-0.2, -0.15) is 4.37 Å². The molecule has 4 nitrogen and oxygen atoms in total. The summed E-state index contributed by atoms with van der Waals surface area (Å²) in [5, 5.41) is 0.0103. The van der Waals surface area contributed by atoms with Crippen LogP contribution in [0.2, 0.25) is 5.15 Å². The quantitative estimate of drug-likeness (QED) is 0.640. The molecule has 2 rings (SSSR count). The molecule has 0 aliphatic heterocycles. The summed E-state index contributed by atoms with van der Waals surface area (Å²) in [6.45, 7) is 0. The van der Waals surface area contributed by atoms with Crippen LogP contribution in [0.15, 0.2) is 11.1 Å². The molecule has 0 aliphatic carbocycles. The summed E-state index contributed by atoms with van der Waals surface area (Å²) in [6, 6.07) is 0. The second-order valence-corrected chi connectivity index (χ2v) is 3.42. The Bertz CT molecular complexity index is 489. The van der Waals surface area contributed by atoms with Crippen molar-refractivity contribution in [2.45, 2.75) is 0 Å². The highest BCUT2D eigenvalue weighted by Crippen LogP contribution is 2.12. The van der Waals surface area contributed by atoms with E-state index in [1.807, 2.05) is 0 Å². The fourth-order valence-electron chi connectivity index (χ4n) is 0.955. The average molecular weight is 202 g/mol. The minimum Gasteiger partial charge on any atom is -0.330 e. The average Bonchev–Trinajstić information content (AvgIpc) is 2.41. The molecule has 0 unspecified atom stereocenters. The van der Waals surface area contributed by atoms with Gasteiger partial charge in [-0.1, -0.05) is 11.6 Å². The number of aryl methyl sites for hydroxylation is 1. The van der Waals surface area contributed by atoms with E-state index in [4.69, 9.17) is 11.6 Å². The van der Waals surface area contributed by atoms with Gasteiger partial charge in [-0.25, -0.2) is 4.98 Å². The van der Waals surface area contributed by atoms with E-state index in [2.05, 4.69) is 9.36 Å². The fraction of sp³-hybridized carbons (Fsp3) is 0.167. The number of fused-ring (bicyclic) bond motifs is 1. The zero-order chi connectivity index (χ0) is 8.72. The topological polar surface area (TPSA) is 47.8 Å². The maximum Gasteiger partial charge on any atom is 0.243 e. The first-order chi connectivity index (χ1) is 5.70. The molecule has 0 aliphatic rings. The van der Waals surface area contributed by atoms with Crippen molar-refractivity contribution in [3.05, 3.63) is 21.7 Å². The molecule has 0 amide bonds. The third-order valence-electron chi connectivity index (χ3n) is 1.52. The number of halogens is 1. The van der Waals surface area contributed by atoms with Gasteiger partial charge in [0.05, 0.1) is 6.33 Å². The Balaban J connectivity index is 3.06. The molecule has 0 aromatic carbocycles. The molecule has 0 bridgehead atoms. The summed E-state index contributed by atoms with van der Waals surface area (Å²) >= 11 is 6.69. The number of nitrogens with zero attached hydrogens (tertiary/aromatic N) is 3. The lowest BCUT2D eigenvalue weighted by atomic mass is 10.5. The van der Waals surface area contributed by atoms with Crippen LogP contribution in [-0.2, 0) is 7.05 Å². The van der Waals surface area contributed by atoms with Crippen molar-refractivity contribution in [1.29, 1.82) is 0 Å². The number of imidazole rings is 1. The summed E-state index contributed by atoms with van der Waals surface area (Å²) < 4.78 is 5.38. The van der Waals surface area contributed by atoms with Gasteiger partial charge >= 0.3 is 0 Å². The van der Waals surface area contributed by atoms with Crippen LogP contribution in [0.25, 0.3) is 10.3 Å². The Kier molecular flexibility index (Phi) is 1.62. The molecule has 0 radical (unpaired) electrons. The minimum atomic E-state index is -0.259. The molecule has 12 heavy (non-hydrogen) atoms. The van der Waals surface area contributed by atoms with Crippen LogP contribution < -0.4 is 5.43 Å². The van der Waals surface area contributed by atoms with Crippen LogP contribution in [0, 0.1) is 0 Å². The van der Waals surface area contributed by atoms with E-state index < -0.39 is 0 Å². The molecule has 0 N–H and O–H groups in total. The number of rotatable bonds is 0. The lowest BCUT2D eigenvalue weighted by Crippen LogP contribution is -2.05. The van der Waals surface area contributed by atoms with Gasteiger partial charge in [0.1, 0.15) is 5.52 Å². The number of aromatic nitrogens is 3. The van der Waals surface area contributed by atoms with Crippen LogP contribution >= 0.6 is 23.1 Å². The van der Waals surface area contributed by atoms with E-state index in [-0.39, 0.29) is 10.6 Å². The molecule has 0 saturated carbocycles. The zero-order valence-corrected chi connectivity index (χ0v) is 7.69. The summed E-state index contributed by atoms with van der Waals surface area (Å²) in [4.78, 5) is 16.0. The van der Waals surface area contributed by atoms with Gasteiger partial charge in [0.15, 0.2) is 9.98 Å². The third-order valence-corrected chi connectivity index (χ3v) is 2.62. The van der Waals surface area contributed by atoms with Crippen LogP contribution in [0.5, 0.6) is 0 Å². The molecule has 0 spiro atoms. The van der Waals surface area contributed by atoms with Crippen molar-refractivity contribution in [2.24, 2.45) is 7.05 Å². The standard InChI is InChI=1S/C6H4ClN3OS/c1-10-2-8-6-3(10)4(11)5(7)9-12-6/h2H,1H3. The molecule has 0 atom stereocenters. The van der Waals surface area contributed by atoms with Crippen LogP contribution in [0.4, 0.5) is 0 Å². The monoisotopic (exact) mass is 201 g/mol. The molecule has 6 heteroatoms. The minimum absolute atomic E-state index is 0.0103. The van der Waals surface area contributed by atoms with Crippen LogP contribution in [0.3, 0.4) is 0 Å². The van der Waals surface area contributed by atoms with Gasteiger partial charge in [0, 0.05) is 7.05 Å². The summed E-state index contributed by atoms with van der Waals surface area (Å²) in [7, 11) is 1.75. The first kappa shape index (κ1) is 7.70. The Labute approximate surface area is 76.6 Å². The van der Waals surface area contributed by atoms with Crippen molar-refractivity contribution in [3.63, 3.8) is 0 Å². The Morgan fingerprint density at radius 1 is 1.67 bits per heavy atom. The van der Waals surface area contributed by atoms with E-state index in [0.717, 1.165) is 11.5 Å². The first-order valence-corrected chi connectivity index (χ1v) is 4.32. The predicted octanol–water partition coefficient (Wildman–Crippen LogP) is 1.04. The zero-order valence-electron chi connectivity index (χ0n) is 6.11. The Morgan fingerprint density at radius 2 is 2.42 bits per heavy atom. The maximum atomic E-state index is 11.4. The predicted molar refractivity (Wildman–Crippen MR) is 47.7 cm³/mol. The largest absolute Gasteiger partial charge is 0.330 e. The molecule has 0 saturated heterocycles. The molecule has 62 valence electrons.